The Morgan fingerprint density at radius 2 is 2.13 bits per heavy atom. The monoisotopic (exact) mass is 204 g/mol. The van der Waals surface area contributed by atoms with Crippen molar-refractivity contribution in [2.75, 3.05) is 6.61 Å². The fraction of sp³-hybridized carbons (Fsp3) is 0.308. The van der Waals surface area contributed by atoms with Crippen LogP contribution in [0.25, 0.3) is 0 Å². The van der Waals surface area contributed by atoms with Crippen LogP contribution in [0, 0.1) is 0 Å². The lowest BCUT2D eigenvalue weighted by molar-refractivity contribution is -0.144. The molecule has 15 heavy (non-hydrogen) atoms. The summed E-state index contributed by atoms with van der Waals surface area (Å²) in [6.45, 7) is 5.89. The average molecular weight is 204 g/mol. The van der Waals surface area contributed by atoms with Gasteiger partial charge in [-0.05, 0) is 18.9 Å². The van der Waals surface area contributed by atoms with Crippen LogP contribution in [0.5, 0.6) is 0 Å². The second-order valence-corrected chi connectivity index (χ2v) is 3.24. The molecule has 0 unspecified atom stereocenters. The average Bonchev–Trinajstić information content (AvgIpc) is 2.27. The van der Waals surface area contributed by atoms with E-state index in [0.717, 1.165) is 5.56 Å². The summed E-state index contributed by atoms with van der Waals surface area (Å²) >= 11 is 0. The molecule has 0 N–H and O–H groups in total. The normalized spacial score (nSPS) is 11.8. The van der Waals surface area contributed by atoms with Crippen molar-refractivity contribution in [3.05, 3.63) is 48.6 Å². The minimum atomic E-state index is -0.219. The van der Waals surface area contributed by atoms with E-state index in [1.165, 1.54) is 0 Å². The third-order valence-electron chi connectivity index (χ3n) is 2.18. The SMILES string of the molecule is C=CC[C@H](C(=O)OCC)c1ccccc1. The van der Waals surface area contributed by atoms with E-state index >= 15 is 0 Å². The smallest absolute Gasteiger partial charge is 0.313 e. The number of allylic oxidation sites excluding steroid dienone is 1. The molecule has 1 rings (SSSR count). The molecule has 0 radical (unpaired) electrons. The summed E-state index contributed by atoms with van der Waals surface area (Å²) in [5.41, 5.74) is 0.982. The van der Waals surface area contributed by atoms with Crippen LogP contribution >= 0.6 is 0 Å². The Balaban J connectivity index is 2.82. The van der Waals surface area contributed by atoms with Crippen molar-refractivity contribution in [1.29, 1.82) is 0 Å². The van der Waals surface area contributed by atoms with Gasteiger partial charge in [0, 0.05) is 0 Å². The zero-order chi connectivity index (χ0) is 11.1. The molecule has 0 fully saturated rings. The van der Waals surface area contributed by atoms with Crippen molar-refractivity contribution in [1.82, 2.24) is 0 Å². The molecule has 1 aromatic rings. The quantitative estimate of drug-likeness (QED) is 0.544. The van der Waals surface area contributed by atoms with Crippen LogP contribution < -0.4 is 0 Å². The Hall–Kier alpha value is -1.57. The molecule has 0 heterocycles. The lowest BCUT2D eigenvalue weighted by Crippen LogP contribution is -2.15. The van der Waals surface area contributed by atoms with Gasteiger partial charge in [0.2, 0.25) is 0 Å². The van der Waals surface area contributed by atoms with E-state index < -0.39 is 0 Å². The zero-order valence-electron chi connectivity index (χ0n) is 8.98. The largest absolute Gasteiger partial charge is 0.466 e. The molecule has 0 spiro atoms. The first-order valence-corrected chi connectivity index (χ1v) is 5.12. The maximum Gasteiger partial charge on any atom is 0.313 e. The summed E-state index contributed by atoms with van der Waals surface area (Å²) in [5.74, 6) is -0.396. The Bertz CT molecular complexity index is 317. The van der Waals surface area contributed by atoms with Crippen LogP contribution in [-0.4, -0.2) is 12.6 Å². The summed E-state index contributed by atoms with van der Waals surface area (Å²) in [6.07, 6.45) is 2.36. The van der Waals surface area contributed by atoms with Crippen molar-refractivity contribution in [3.8, 4) is 0 Å². The van der Waals surface area contributed by atoms with Crippen molar-refractivity contribution in [2.45, 2.75) is 19.3 Å². The highest BCUT2D eigenvalue weighted by Gasteiger charge is 2.19. The van der Waals surface area contributed by atoms with Gasteiger partial charge in [0.05, 0.1) is 12.5 Å². The van der Waals surface area contributed by atoms with Gasteiger partial charge in [-0.15, -0.1) is 6.58 Å². The van der Waals surface area contributed by atoms with Crippen LogP contribution in [0.2, 0.25) is 0 Å². The molecule has 0 aliphatic heterocycles. The van der Waals surface area contributed by atoms with E-state index in [1.54, 1.807) is 6.08 Å². The molecule has 0 saturated carbocycles. The second-order valence-electron chi connectivity index (χ2n) is 3.24. The Morgan fingerprint density at radius 3 is 2.67 bits per heavy atom. The third-order valence-corrected chi connectivity index (χ3v) is 2.18. The molecule has 0 bridgehead atoms. The molecule has 2 heteroatoms. The third kappa shape index (κ3) is 3.24. The Labute approximate surface area is 90.6 Å². The zero-order valence-corrected chi connectivity index (χ0v) is 8.98. The number of hydrogen-bond donors (Lipinski definition) is 0. The first kappa shape index (κ1) is 11.5. The predicted molar refractivity (Wildman–Crippen MR) is 60.6 cm³/mol. The lowest BCUT2D eigenvalue weighted by atomic mass is 9.96. The highest BCUT2D eigenvalue weighted by Crippen LogP contribution is 2.21. The van der Waals surface area contributed by atoms with Crippen LogP contribution in [0.15, 0.2) is 43.0 Å². The predicted octanol–water partition coefficient (Wildman–Crippen LogP) is 2.91. The molecule has 0 aliphatic carbocycles. The van der Waals surface area contributed by atoms with Gasteiger partial charge in [0.15, 0.2) is 0 Å². The molecule has 80 valence electrons. The van der Waals surface area contributed by atoms with E-state index in [0.29, 0.717) is 13.0 Å². The molecule has 1 aromatic carbocycles. The summed E-state index contributed by atoms with van der Waals surface area (Å²) in [6, 6.07) is 9.64. The van der Waals surface area contributed by atoms with Gasteiger partial charge < -0.3 is 4.74 Å². The molecule has 0 aromatic heterocycles. The van der Waals surface area contributed by atoms with Crippen molar-refractivity contribution in [3.63, 3.8) is 0 Å². The molecule has 0 amide bonds. The van der Waals surface area contributed by atoms with Crippen molar-refractivity contribution >= 4 is 5.97 Å². The molecular weight excluding hydrogens is 188 g/mol. The first-order chi connectivity index (χ1) is 7.29. The van der Waals surface area contributed by atoms with Crippen molar-refractivity contribution < 1.29 is 9.53 Å². The van der Waals surface area contributed by atoms with Crippen LogP contribution in [0.3, 0.4) is 0 Å². The number of carbonyl (C=O) groups excluding carboxylic acids is 1. The van der Waals surface area contributed by atoms with Gasteiger partial charge in [-0.25, -0.2) is 0 Å². The highest BCUT2D eigenvalue weighted by atomic mass is 16.5. The van der Waals surface area contributed by atoms with E-state index in [2.05, 4.69) is 6.58 Å². The minimum Gasteiger partial charge on any atom is -0.466 e. The maximum absolute atomic E-state index is 11.7. The minimum absolute atomic E-state index is 0.177. The van der Waals surface area contributed by atoms with E-state index in [1.807, 2.05) is 37.3 Å². The number of rotatable bonds is 5. The number of hydrogen-bond acceptors (Lipinski definition) is 2. The van der Waals surface area contributed by atoms with Crippen LogP contribution in [-0.2, 0) is 9.53 Å². The topological polar surface area (TPSA) is 26.3 Å². The summed E-state index contributed by atoms with van der Waals surface area (Å²) in [5, 5.41) is 0. The molecule has 2 nitrogen and oxygen atoms in total. The summed E-state index contributed by atoms with van der Waals surface area (Å²) in [7, 11) is 0. The van der Waals surface area contributed by atoms with Crippen molar-refractivity contribution in [2.24, 2.45) is 0 Å². The Morgan fingerprint density at radius 1 is 1.47 bits per heavy atom. The van der Waals surface area contributed by atoms with Gasteiger partial charge in [-0.3, -0.25) is 4.79 Å². The van der Waals surface area contributed by atoms with E-state index in [-0.39, 0.29) is 11.9 Å². The molecule has 0 saturated heterocycles. The fourth-order valence-electron chi connectivity index (χ4n) is 1.46. The number of ether oxygens (including phenoxy) is 1. The van der Waals surface area contributed by atoms with Gasteiger partial charge >= 0.3 is 5.97 Å². The first-order valence-electron chi connectivity index (χ1n) is 5.12. The van der Waals surface area contributed by atoms with E-state index in [4.69, 9.17) is 4.74 Å². The maximum atomic E-state index is 11.7. The number of carbonyl (C=O) groups is 1. The van der Waals surface area contributed by atoms with Crippen LogP contribution in [0.1, 0.15) is 24.8 Å². The molecular formula is C13H16O2. The summed E-state index contributed by atoms with van der Waals surface area (Å²) < 4.78 is 5.02. The number of benzene rings is 1. The standard InChI is InChI=1S/C13H16O2/c1-3-8-12(13(14)15-4-2)11-9-6-5-7-10-11/h3,5-7,9-10,12H,1,4,8H2,2H3/t12-/m0/s1. The van der Waals surface area contributed by atoms with Gasteiger partial charge in [0.25, 0.3) is 0 Å². The Kier molecular flexibility index (Phi) is 4.61. The lowest BCUT2D eigenvalue weighted by Gasteiger charge is -2.13. The van der Waals surface area contributed by atoms with Crippen LogP contribution in [0.4, 0.5) is 0 Å². The fourth-order valence-corrected chi connectivity index (χ4v) is 1.46. The van der Waals surface area contributed by atoms with Gasteiger partial charge in [-0.1, -0.05) is 36.4 Å². The van der Waals surface area contributed by atoms with E-state index in [9.17, 15) is 4.79 Å². The van der Waals surface area contributed by atoms with Gasteiger partial charge in [0.1, 0.15) is 0 Å². The highest BCUT2D eigenvalue weighted by molar-refractivity contribution is 5.78. The summed E-state index contributed by atoms with van der Waals surface area (Å²) in [4.78, 5) is 11.7. The van der Waals surface area contributed by atoms with Gasteiger partial charge in [-0.2, -0.15) is 0 Å². The number of esters is 1. The second kappa shape index (κ2) is 6.02. The molecule has 0 aliphatic rings. The molecule has 1 atom stereocenters.